The van der Waals surface area contributed by atoms with Crippen LogP contribution in [0.2, 0.25) is 0 Å². The summed E-state index contributed by atoms with van der Waals surface area (Å²) in [5.41, 5.74) is 1.91. The normalized spacial score (nSPS) is 21.8. The summed E-state index contributed by atoms with van der Waals surface area (Å²) in [6, 6.07) is 0. The van der Waals surface area contributed by atoms with E-state index < -0.39 is 0 Å². The molecule has 0 aliphatic carbocycles. The molecule has 1 saturated heterocycles. The lowest BCUT2D eigenvalue weighted by Gasteiger charge is -2.12. The second-order valence-electron chi connectivity index (χ2n) is 3.60. The van der Waals surface area contributed by atoms with Crippen LogP contribution in [0, 0.1) is 5.92 Å². The highest BCUT2D eigenvalue weighted by atomic mass is 32.1. The highest BCUT2D eigenvalue weighted by molar-refractivity contribution is 7.09. The van der Waals surface area contributed by atoms with Crippen LogP contribution < -0.4 is 0 Å². The van der Waals surface area contributed by atoms with Gasteiger partial charge < -0.3 is 0 Å². The Morgan fingerprint density at radius 2 is 2.36 bits per heavy atom. The molecule has 3 heteroatoms. The van der Waals surface area contributed by atoms with Crippen molar-refractivity contribution in [1.82, 2.24) is 9.88 Å². The van der Waals surface area contributed by atoms with Gasteiger partial charge in [-0.15, -0.1) is 11.3 Å². The Morgan fingerprint density at radius 1 is 1.57 bits per heavy atom. The molecule has 1 aromatic rings. The molecule has 0 spiro atoms. The maximum Gasteiger partial charge on any atom is 0.0794 e. The van der Waals surface area contributed by atoms with Crippen molar-refractivity contribution in [2.75, 3.05) is 13.1 Å². The zero-order valence-corrected chi connectivity index (χ0v) is 10.2. The van der Waals surface area contributed by atoms with E-state index in [1.165, 1.54) is 24.4 Å². The number of hydrogen-bond acceptors (Lipinski definition) is 3. The van der Waals surface area contributed by atoms with E-state index in [4.69, 9.17) is 0 Å². The molecular weight excluding hydrogens is 192 g/mol. The zero-order valence-electron chi connectivity index (χ0n) is 9.36. The second-order valence-corrected chi connectivity index (χ2v) is 4.57. The van der Waals surface area contributed by atoms with E-state index in [0.29, 0.717) is 0 Å². The summed E-state index contributed by atoms with van der Waals surface area (Å²) in [6.45, 7) is 9.96. The smallest absolute Gasteiger partial charge is 0.0794 e. The van der Waals surface area contributed by atoms with Gasteiger partial charge in [0.1, 0.15) is 0 Å². The van der Waals surface area contributed by atoms with E-state index >= 15 is 0 Å². The van der Waals surface area contributed by atoms with Gasteiger partial charge in [-0.2, -0.15) is 0 Å². The lowest BCUT2D eigenvalue weighted by atomic mass is 10.2. The van der Waals surface area contributed by atoms with Gasteiger partial charge in [0.05, 0.1) is 5.51 Å². The maximum absolute atomic E-state index is 4.08. The van der Waals surface area contributed by atoms with Crippen LogP contribution in [0.5, 0.6) is 0 Å². The van der Waals surface area contributed by atoms with E-state index in [0.717, 1.165) is 12.5 Å². The van der Waals surface area contributed by atoms with Crippen LogP contribution in [0.1, 0.15) is 32.1 Å². The lowest BCUT2D eigenvalue weighted by molar-refractivity contribution is 0.323. The Hall–Kier alpha value is -0.410. The Bertz CT molecular complexity index is 233. The number of nitrogens with zero attached hydrogens (tertiary/aromatic N) is 2. The number of aromatic nitrogens is 1. The molecular formula is C11H20N2S. The van der Waals surface area contributed by atoms with Gasteiger partial charge in [0.2, 0.25) is 0 Å². The van der Waals surface area contributed by atoms with E-state index in [1.54, 1.807) is 11.3 Å². The number of likely N-dealkylation sites (tertiary alicyclic amines) is 1. The minimum Gasteiger partial charge on any atom is -0.298 e. The summed E-state index contributed by atoms with van der Waals surface area (Å²) in [7, 11) is 0. The van der Waals surface area contributed by atoms with Gasteiger partial charge in [-0.3, -0.25) is 9.88 Å². The van der Waals surface area contributed by atoms with Gasteiger partial charge in [0, 0.05) is 24.2 Å². The summed E-state index contributed by atoms with van der Waals surface area (Å²) in [4.78, 5) is 7.98. The first-order valence-electron chi connectivity index (χ1n) is 5.44. The Labute approximate surface area is 91.0 Å². The summed E-state index contributed by atoms with van der Waals surface area (Å²) in [5.74, 6) is 0.887. The Kier molecular flexibility index (Phi) is 5.12. The molecule has 1 aliphatic rings. The largest absolute Gasteiger partial charge is 0.298 e. The molecule has 1 fully saturated rings. The predicted octanol–water partition coefficient (Wildman–Crippen LogP) is 3.01. The van der Waals surface area contributed by atoms with Crippen molar-refractivity contribution in [3.05, 3.63) is 16.6 Å². The molecule has 0 saturated carbocycles. The first-order valence-corrected chi connectivity index (χ1v) is 6.32. The van der Waals surface area contributed by atoms with Crippen molar-refractivity contribution >= 4 is 11.3 Å². The predicted molar refractivity (Wildman–Crippen MR) is 62.5 cm³/mol. The second kappa shape index (κ2) is 6.14. The molecule has 0 aromatic carbocycles. The maximum atomic E-state index is 4.08. The van der Waals surface area contributed by atoms with Gasteiger partial charge in [-0.25, -0.2) is 0 Å². The zero-order chi connectivity index (χ0) is 10.4. The minimum absolute atomic E-state index is 0.887. The molecule has 0 radical (unpaired) electrons. The van der Waals surface area contributed by atoms with Crippen LogP contribution in [-0.4, -0.2) is 23.0 Å². The Balaban J connectivity index is 0.000000461. The molecule has 2 rings (SSSR count). The molecule has 0 amide bonds. The molecule has 0 bridgehead atoms. The van der Waals surface area contributed by atoms with Crippen molar-refractivity contribution in [2.45, 2.75) is 33.7 Å². The molecule has 2 nitrogen and oxygen atoms in total. The quantitative estimate of drug-likeness (QED) is 0.749. The third-order valence-corrected chi connectivity index (χ3v) is 3.14. The molecule has 2 heterocycles. The minimum atomic E-state index is 0.887. The molecule has 1 aromatic heterocycles. The summed E-state index contributed by atoms with van der Waals surface area (Å²) >= 11 is 1.76. The van der Waals surface area contributed by atoms with Crippen LogP contribution in [0.4, 0.5) is 0 Å². The van der Waals surface area contributed by atoms with E-state index in [-0.39, 0.29) is 0 Å². The molecule has 14 heavy (non-hydrogen) atoms. The van der Waals surface area contributed by atoms with E-state index in [9.17, 15) is 0 Å². The Morgan fingerprint density at radius 3 is 2.86 bits per heavy atom. The summed E-state index contributed by atoms with van der Waals surface area (Å²) in [5, 5.41) is 0. The van der Waals surface area contributed by atoms with Crippen LogP contribution in [0.25, 0.3) is 0 Å². The SMILES string of the molecule is CC.C[C@H]1CCN(Cc2cncs2)C1. The topological polar surface area (TPSA) is 16.1 Å². The van der Waals surface area contributed by atoms with E-state index in [2.05, 4.69) is 16.8 Å². The van der Waals surface area contributed by atoms with Crippen molar-refractivity contribution in [2.24, 2.45) is 5.92 Å². The summed E-state index contributed by atoms with van der Waals surface area (Å²) < 4.78 is 0. The monoisotopic (exact) mass is 212 g/mol. The third kappa shape index (κ3) is 3.39. The molecule has 80 valence electrons. The van der Waals surface area contributed by atoms with Crippen molar-refractivity contribution in [3.8, 4) is 0 Å². The highest BCUT2D eigenvalue weighted by Crippen LogP contribution is 2.18. The number of hydrogen-bond donors (Lipinski definition) is 0. The lowest BCUT2D eigenvalue weighted by Crippen LogP contribution is -2.18. The molecule has 1 atom stereocenters. The third-order valence-electron chi connectivity index (χ3n) is 2.37. The van der Waals surface area contributed by atoms with Crippen molar-refractivity contribution < 1.29 is 0 Å². The van der Waals surface area contributed by atoms with Gasteiger partial charge in [0.15, 0.2) is 0 Å². The molecule has 1 aliphatic heterocycles. The fraction of sp³-hybridized carbons (Fsp3) is 0.727. The van der Waals surface area contributed by atoms with Gasteiger partial charge >= 0.3 is 0 Å². The van der Waals surface area contributed by atoms with Crippen LogP contribution in [-0.2, 0) is 6.54 Å². The van der Waals surface area contributed by atoms with Gasteiger partial charge in [-0.05, 0) is 18.9 Å². The molecule has 0 N–H and O–H groups in total. The van der Waals surface area contributed by atoms with Crippen LogP contribution in [0.15, 0.2) is 11.7 Å². The first kappa shape index (κ1) is 11.7. The number of thiazole rings is 1. The highest BCUT2D eigenvalue weighted by Gasteiger charge is 2.18. The van der Waals surface area contributed by atoms with Crippen molar-refractivity contribution in [1.29, 1.82) is 0 Å². The number of rotatable bonds is 2. The first-order chi connectivity index (χ1) is 6.84. The van der Waals surface area contributed by atoms with Gasteiger partial charge in [0.25, 0.3) is 0 Å². The summed E-state index contributed by atoms with van der Waals surface area (Å²) in [6.07, 6.45) is 3.34. The average Bonchev–Trinajstić information content (AvgIpc) is 2.82. The molecule has 0 unspecified atom stereocenters. The van der Waals surface area contributed by atoms with Crippen LogP contribution >= 0.6 is 11.3 Å². The standard InChI is InChI=1S/C9H14N2S.C2H6/c1-8-2-3-11(5-8)6-9-4-10-7-12-9;1-2/h4,7-8H,2-3,5-6H2,1H3;1-2H3/t8-;/m0./s1. The van der Waals surface area contributed by atoms with Crippen LogP contribution in [0.3, 0.4) is 0 Å². The average molecular weight is 212 g/mol. The fourth-order valence-corrected chi connectivity index (χ4v) is 2.35. The fourth-order valence-electron chi connectivity index (χ4n) is 1.71. The van der Waals surface area contributed by atoms with E-state index in [1.807, 2.05) is 25.6 Å². The van der Waals surface area contributed by atoms with Gasteiger partial charge in [-0.1, -0.05) is 20.8 Å². The van der Waals surface area contributed by atoms with Crippen molar-refractivity contribution in [3.63, 3.8) is 0 Å².